The highest BCUT2D eigenvalue weighted by Crippen LogP contribution is 2.63. The molecule has 4 aliphatic rings. The van der Waals surface area contributed by atoms with Crippen LogP contribution in [0.1, 0.15) is 51.3 Å². The zero-order valence-corrected chi connectivity index (χ0v) is 28.6. The third-order valence-electron chi connectivity index (χ3n) is 5.73. The largest absolute Gasteiger partial charge is 0.134 e. The lowest BCUT2D eigenvalue weighted by atomic mass is 10.3. The van der Waals surface area contributed by atoms with E-state index in [9.17, 15) is 0 Å². The Kier molecular flexibility index (Phi) is 8.13. The smallest absolute Gasteiger partial charge is 0.0703 e. The highest BCUT2D eigenvalue weighted by molar-refractivity contribution is 8.36. The Morgan fingerprint density at radius 1 is 0.333 bits per heavy atom. The molecule has 36 heavy (non-hydrogen) atoms. The molecule has 0 bridgehead atoms. The average Bonchev–Trinajstić information content (AvgIpc) is 3.65. The lowest BCUT2D eigenvalue weighted by Gasteiger charge is -2.02. The Labute approximate surface area is 255 Å². The van der Waals surface area contributed by atoms with E-state index < -0.39 is 0 Å². The summed E-state index contributed by atoms with van der Waals surface area (Å²) in [5.74, 6) is 0. The lowest BCUT2D eigenvalue weighted by Crippen LogP contribution is -1.70. The fraction of sp³-hybridized carbons (Fsp3) is 0.231. The summed E-state index contributed by atoms with van der Waals surface area (Å²) < 4.78 is 5.80. The van der Waals surface area contributed by atoms with Crippen molar-refractivity contribution >= 4 is 127 Å². The number of allylic oxidation sites excluding steroid dienone is 6. The maximum Gasteiger partial charge on any atom is 0.0703 e. The summed E-state index contributed by atoms with van der Waals surface area (Å²) >= 11 is 19.4. The average molecular weight is 655 g/mol. The molecule has 2 aromatic heterocycles. The van der Waals surface area contributed by atoms with Crippen molar-refractivity contribution < 1.29 is 0 Å². The van der Waals surface area contributed by atoms with Gasteiger partial charge in [0.05, 0.1) is 16.9 Å². The van der Waals surface area contributed by atoms with E-state index in [1.165, 1.54) is 75.7 Å². The second kappa shape index (κ2) is 10.9. The van der Waals surface area contributed by atoms with Gasteiger partial charge in [0.15, 0.2) is 0 Å². The van der Waals surface area contributed by atoms with Crippen LogP contribution in [0.2, 0.25) is 0 Å². The second-order valence-electron chi connectivity index (χ2n) is 8.29. The van der Waals surface area contributed by atoms with Gasteiger partial charge in [-0.2, -0.15) is 0 Å². The first-order valence-electron chi connectivity index (χ1n) is 11.2. The Balaban J connectivity index is 1.19. The lowest BCUT2D eigenvalue weighted by molar-refractivity contribution is 1.57. The third kappa shape index (κ3) is 5.22. The highest BCUT2D eigenvalue weighted by atomic mass is 32.2. The monoisotopic (exact) mass is 654 g/mol. The van der Waals surface area contributed by atoms with Gasteiger partial charge in [-0.25, -0.2) is 0 Å². The predicted molar refractivity (Wildman–Crippen MR) is 184 cm³/mol. The Morgan fingerprint density at radius 2 is 0.611 bits per heavy atom. The molecule has 2 aromatic rings. The standard InChI is InChI=1S/C26H22S10/c1-11-12(2)28-23(27-11)25-31-15(5)21(35-25)19-9-7-17(33-19)18-8-10-20(34-18)22-16(6)32-26(36-22)24-29-13(3)14(4)30-24/h7-10H,1-6H3. The van der Waals surface area contributed by atoms with Crippen molar-refractivity contribution in [3.8, 4) is 9.75 Å². The van der Waals surface area contributed by atoms with Crippen molar-refractivity contribution in [2.45, 2.75) is 41.5 Å². The van der Waals surface area contributed by atoms with Crippen LogP contribution in [0.5, 0.6) is 0 Å². The van der Waals surface area contributed by atoms with Crippen LogP contribution in [0.25, 0.3) is 19.6 Å². The van der Waals surface area contributed by atoms with Crippen LogP contribution in [0.4, 0.5) is 0 Å². The molecule has 0 unspecified atom stereocenters. The van der Waals surface area contributed by atoms with E-state index in [4.69, 9.17) is 0 Å². The molecule has 0 N–H and O–H groups in total. The van der Waals surface area contributed by atoms with Crippen LogP contribution < -0.4 is 0 Å². The maximum absolute atomic E-state index is 2.32. The van der Waals surface area contributed by atoms with Crippen molar-refractivity contribution in [1.82, 2.24) is 0 Å². The van der Waals surface area contributed by atoms with E-state index in [2.05, 4.69) is 65.8 Å². The summed E-state index contributed by atoms with van der Waals surface area (Å²) in [6.45, 7) is 13.5. The zero-order chi connectivity index (χ0) is 25.1. The van der Waals surface area contributed by atoms with Gasteiger partial charge in [-0.1, -0.05) is 94.1 Å². The van der Waals surface area contributed by atoms with Crippen LogP contribution in [0.15, 0.2) is 70.6 Å². The van der Waals surface area contributed by atoms with E-state index in [-0.39, 0.29) is 0 Å². The summed E-state index contributed by atoms with van der Waals surface area (Å²) in [5, 5.41) is 0. The van der Waals surface area contributed by atoms with E-state index in [0.29, 0.717) is 0 Å². The van der Waals surface area contributed by atoms with Gasteiger partial charge in [0, 0.05) is 39.1 Å². The van der Waals surface area contributed by atoms with Gasteiger partial charge < -0.3 is 0 Å². The van der Waals surface area contributed by atoms with E-state index >= 15 is 0 Å². The SMILES string of the molecule is CC1=C(C)SC(=C2SC(C)=C(c3ccc(-c4ccc(C5=C(C)SC(=C6SC(C)=C(C)S6)S5)s4)s3)S2)S1. The Morgan fingerprint density at radius 3 is 0.972 bits per heavy atom. The van der Waals surface area contributed by atoms with E-state index in [1.54, 1.807) is 0 Å². The van der Waals surface area contributed by atoms with Crippen LogP contribution in [0.3, 0.4) is 0 Å². The number of hydrogen-bond donors (Lipinski definition) is 0. The van der Waals surface area contributed by atoms with Gasteiger partial charge in [-0.3, -0.25) is 0 Å². The molecule has 0 fully saturated rings. The normalized spacial score (nSPS) is 21.2. The molecule has 186 valence electrons. The molecule has 0 aliphatic carbocycles. The van der Waals surface area contributed by atoms with E-state index in [1.807, 2.05) is 117 Å². The van der Waals surface area contributed by atoms with Crippen LogP contribution in [-0.2, 0) is 0 Å². The first-order chi connectivity index (χ1) is 17.3. The molecule has 6 heterocycles. The molecule has 0 spiro atoms. The fourth-order valence-corrected chi connectivity index (χ4v) is 17.0. The number of hydrogen-bond acceptors (Lipinski definition) is 10. The molecule has 0 saturated heterocycles. The zero-order valence-electron chi connectivity index (χ0n) is 20.4. The van der Waals surface area contributed by atoms with Gasteiger partial charge in [-0.05, 0) is 85.4 Å². The minimum atomic E-state index is 1.37. The predicted octanol–water partition coefficient (Wildman–Crippen LogP) is 13.5. The molecular weight excluding hydrogens is 633 g/mol. The molecule has 0 atom stereocenters. The van der Waals surface area contributed by atoms with Crippen LogP contribution in [-0.4, -0.2) is 0 Å². The number of thioether (sulfide) groups is 8. The van der Waals surface area contributed by atoms with Crippen molar-refractivity contribution in [2.75, 3.05) is 0 Å². The Hall–Kier alpha value is 0.640. The number of thiophene rings is 2. The quantitative estimate of drug-likeness (QED) is 0.316. The second-order valence-corrected chi connectivity index (χ2v) is 20.9. The first kappa shape index (κ1) is 26.8. The summed E-state index contributed by atoms with van der Waals surface area (Å²) in [6, 6.07) is 9.27. The topological polar surface area (TPSA) is 0 Å². The minimum absolute atomic E-state index is 1.37. The van der Waals surface area contributed by atoms with Gasteiger partial charge in [0.1, 0.15) is 0 Å². The van der Waals surface area contributed by atoms with Gasteiger partial charge in [-0.15, -0.1) is 22.7 Å². The summed E-state index contributed by atoms with van der Waals surface area (Å²) in [7, 11) is 0. The van der Waals surface area contributed by atoms with Gasteiger partial charge in [0.2, 0.25) is 0 Å². The molecule has 0 amide bonds. The van der Waals surface area contributed by atoms with Gasteiger partial charge >= 0.3 is 0 Å². The fourth-order valence-electron chi connectivity index (χ4n) is 3.59. The summed E-state index contributed by atoms with van der Waals surface area (Å²) in [4.78, 5) is 17.0. The van der Waals surface area contributed by atoms with Crippen LogP contribution in [0, 0.1) is 0 Å². The van der Waals surface area contributed by atoms with Crippen molar-refractivity contribution in [2.24, 2.45) is 0 Å². The van der Waals surface area contributed by atoms with E-state index in [0.717, 1.165) is 0 Å². The molecule has 0 aromatic carbocycles. The molecule has 6 rings (SSSR count). The molecule has 4 aliphatic heterocycles. The molecule has 0 nitrogen and oxygen atoms in total. The third-order valence-corrected chi connectivity index (χ3v) is 20.0. The highest BCUT2D eigenvalue weighted by Gasteiger charge is 2.29. The summed E-state index contributed by atoms with van der Waals surface area (Å²) in [6.07, 6.45) is 0. The molecular formula is C26H22S10. The molecule has 10 heteroatoms. The minimum Gasteiger partial charge on any atom is -0.134 e. The molecule has 0 saturated carbocycles. The molecule has 0 radical (unpaired) electrons. The van der Waals surface area contributed by atoms with Crippen molar-refractivity contribution in [1.29, 1.82) is 0 Å². The van der Waals surface area contributed by atoms with Gasteiger partial charge in [0.25, 0.3) is 0 Å². The van der Waals surface area contributed by atoms with Crippen LogP contribution >= 0.6 is 117 Å². The summed E-state index contributed by atoms with van der Waals surface area (Å²) in [5.41, 5.74) is 0. The van der Waals surface area contributed by atoms with Crippen molar-refractivity contribution in [3.63, 3.8) is 0 Å². The maximum atomic E-state index is 2.32. The Bertz CT molecular complexity index is 1340. The van der Waals surface area contributed by atoms with Crippen molar-refractivity contribution in [3.05, 3.63) is 80.4 Å². The first-order valence-corrected chi connectivity index (χ1v) is 19.3. The number of rotatable bonds is 3.